The predicted octanol–water partition coefficient (Wildman–Crippen LogP) is 4.27. The summed E-state index contributed by atoms with van der Waals surface area (Å²) >= 11 is 0. The third-order valence-electron chi connectivity index (χ3n) is 8.15. The van der Waals surface area contributed by atoms with Crippen molar-refractivity contribution >= 4 is 42.5 Å². The van der Waals surface area contributed by atoms with Crippen molar-refractivity contribution in [2.75, 3.05) is 52.5 Å². The average molecular weight is 740 g/mol. The van der Waals surface area contributed by atoms with Crippen molar-refractivity contribution in [2.24, 2.45) is 10.2 Å². The number of nitrogens with one attached hydrogen (secondary N) is 3. The zero-order chi connectivity index (χ0) is 37.7. The van der Waals surface area contributed by atoms with E-state index in [-0.39, 0.29) is 24.5 Å². The molecule has 0 radical (unpaired) electrons. The second-order valence-electron chi connectivity index (χ2n) is 12.4. The predicted molar refractivity (Wildman–Crippen MR) is 197 cm³/mol. The molecule has 52 heavy (non-hydrogen) atoms. The lowest BCUT2D eigenvalue weighted by atomic mass is 10.1. The Morgan fingerprint density at radius 3 is 2.23 bits per heavy atom. The summed E-state index contributed by atoms with van der Waals surface area (Å²) in [4.78, 5) is 63.5. The molecule has 1 fully saturated rings. The van der Waals surface area contributed by atoms with Crippen LogP contribution in [0.4, 0.5) is 17.1 Å². The summed E-state index contributed by atoms with van der Waals surface area (Å²) in [6.07, 6.45) is 5.15. The Labute approximate surface area is 301 Å². The van der Waals surface area contributed by atoms with E-state index in [9.17, 15) is 28.6 Å². The normalized spacial score (nSPS) is 18.4. The van der Waals surface area contributed by atoms with Gasteiger partial charge in [0, 0.05) is 70.9 Å². The fourth-order valence-corrected chi connectivity index (χ4v) is 5.69. The highest BCUT2D eigenvalue weighted by molar-refractivity contribution is 7.51. The zero-order valence-electron chi connectivity index (χ0n) is 29.7. The van der Waals surface area contributed by atoms with Crippen molar-refractivity contribution in [3.8, 4) is 0 Å². The van der Waals surface area contributed by atoms with Gasteiger partial charge in [-0.2, -0.15) is 10.2 Å². The molecule has 17 heteroatoms. The molecule has 0 bridgehead atoms. The average Bonchev–Trinajstić information content (AvgIpc) is 3.53. The van der Waals surface area contributed by atoms with Crippen LogP contribution < -0.4 is 26.8 Å². The van der Waals surface area contributed by atoms with E-state index >= 15 is 0 Å². The van der Waals surface area contributed by atoms with E-state index in [1.54, 1.807) is 24.3 Å². The quantitative estimate of drug-likeness (QED) is 0.0631. The second kappa shape index (κ2) is 19.2. The van der Waals surface area contributed by atoms with E-state index in [4.69, 9.17) is 14.0 Å². The minimum absolute atomic E-state index is 0.0610. The number of ether oxygens (including phenoxy) is 2. The van der Waals surface area contributed by atoms with E-state index < -0.39 is 43.2 Å². The van der Waals surface area contributed by atoms with Gasteiger partial charge in [-0.1, -0.05) is 12.8 Å². The fraction of sp³-hybridized carbons (Fsp3) is 0.429. The van der Waals surface area contributed by atoms with Crippen LogP contribution in [-0.4, -0.2) is 86.0 Å². The number of aromatic nitrogens is 2. The Kier molecular flexibility index (Phi) is 14.8. The minimum atomic E-state index is -3.75. The van der Waals surface area contributed by atoms with Crippen LogP contribution in [0.1, 0.15) is 54.3 Å². The molecule has 4 rings (SSSR count). The molecule has 2 amide bonds. The molecule has 1 saturated heterocycles. The van der Waals surface area contributed by atoms with Crippen LogP contribution >= 0.6 is 7.60 Å². The third-order valence-corrected chi connectivity index (χ3v) is 8.77. The molecule has 1 aliphatic heterocycles. The molecule has 4 atom stereocenters. The summed E-state index contributed by atoms with van der Waals surface area (Å²) < 4.78 is 28.9. The lowest BCUT2D eigenvalue weighted by molar-refractivity contribution is -0.116. The van der Waals surface area contributed by atoms with Crippen LogP contribution in [0.3, 0.4) is 0 Å². The Morgan fingerprint density at radius 1 is 1.02 bits per heavy atom. The molecule has 16 nitrogen and oxygen atoms in total. The van der Waals surface area contributed by atoms with Crippen LogP contribution in [0.2, 0.25) is 0 Å². The minimum Gasteiger partial charge on any atom is -0.378 e. The molecule has 2 heterocycles. The van der Waals surface area contributed by atoms with E-state index in [1.807, 2.05) is 43.3 Å². The van der Waals surface area contributed by atoms with Gasteiger partial charge in [-0.3, -0.25) is 28.5 Å². The summed E-state index contributed by atoms with van der Waals surface area (Å²) in [5.74, 6) is -0.575. The number of hydrogen-bond acceptors (Lipinski definition) is 11. The molecular formula is C35H46N7O9P. The standard InChI is InChI=1S/C35H46N7O9P/c1-41(2)28-16-14-27(15-17-28)40-39-26-12-9-24(10-13-26)33(44)37-20-8-6-5-7-19-36-31(43)18-11-25-22-42(35(46)38-34(25)45)32-21-29(49-3)30(51-32)23-50-52(4,47)48/h9-18,22,29-30,32H,5-8,19-21,23H2,1-4H3,(H,36,43)(H,37,44)(H,47,48)(H,38,45,46)/b18-11+,40-39+/t29-,30-,32-/m1/s1. The number of carbonyl (C=O) groups is 2. The Balaban J connectivity index is 1.13. The highest BCUT2D eigenvalue weighted by Gasteiger charge is 2.38. The van der Waals surface area contributed by atoms with Gasteiger partial charge in [-0.25, -0.2) is 4.79 Å². The molecule has 3 aromatic rings. The molecule has 0 saturated carbocycles. The molecule has 0 aliphatic carbocycles. The number of unbranched alkanes of at least 4 members (excludes halogenated alkanes) is 3. The topological polar surface area (TPSA) is 206 Å². The largest absolute Gasteiger partial charge is 0.378 e. The first kappa shape index (κ1) is 40.0. The lowest BCUT2D eigenvalue weighted by Gasteiger charge is -2.18. The number of benzene rings is 2. The number of methoxy groups -OCH3 is 1. The SMILES string of the molecule is CO[C@@H]1C[C@H](n2cc(/C=C/C(=O)NCCCCCCNC(=O)c3ccc(/N=N/c4ccc(N(C)C)cc4)cc3)c(=O)[nH]c2=O)O[C@@H]1COP(C)(=O)O. The van der Waals surface area contributed by atoms with Crippen LogP contribution in [0.15, 0.2) is 80.6 Å². The molecule has 0 spiro atoms. The highest BCUT2D eigenvalue weighted by atomic mass is 31.2. The zero-order valence-corrected chi connectivity index (χ0v) is 30.6. The van der Waals surface area contributed by atoms with Crippen LogP contribution in [0.25, 0.3) is 6.08 Å². The van der Waals surface area contributed by atoms with Gasteiger partial charge in [0.2, 0.25) is 5.91 Å². The molecular weight excluding hydrogens is 693 g/mol. The number of carbonyl (C=O) groups excluding carboxylic acids is 2. The number of H-pyrrole nitrogens is 1. The summed E-state index contributed by atoms with van der Waals surface area (Å²) in [5, 5.41) is 14.2. The highest BCUT2D eigenvalue weighted by Crippen LogP contribution is 2.39. The number of hydrogen-bond donors (Lipinski definition) is 4. The third kappa shape index (κ3) is 12.5. The first-order valence-electron chi connectivity index (χ1n) is 16.8. The lowest BCUT2D eigenvalue weighted by Crippen LogP contribution is -2.33. The van der Waals surface area contributed by atoms with Crippen LogP contribution in [0, 0.1) is 0 Å². The molecule has 280 valence electrons. The van der Waals surface area contributed by atoms with Gasteiger partial charge in [0.25, 0.3) is 11.5 Å². The van der Waals surface area contributed by atoms with Crippen molar-refractivity contribution in [1.82, 2.24) is 20.2 Å². The van der Waals surface area contributed by atoms with E-state index in [1.165, 1.54) is 30.0 Å². The van der Waals surface area contributed by atoms with E-state index in [2.05, 4.69) is 25.8 Å². The number of aromatic amines is 1. The fourth-order valence-electron chi connectivity index (χ4n) is 5.27. The van der Waals surface area contributed by atoms with Crippen LogP contribution in [-0.2, 0) is 23.4 Å². The number of nitrogens with zero attached hydrogens (tertiary/aromatic N) is 4. The van der Waals surface area contributed by atoms with Gasteiger partial charge in [0.1, 0.15) is 12.3 Å². The van der Waals surface area contributed by atoms with Crippen molar-refractivity contribution in [3.63, 3.8) is 0 Å². The van der Waals surface area contributed by atoms with Crippen LogP contribution in [0.5, 0.6) is 0 Å². The first-order chi connectivity index (χ1) is 24.8. The summed E-state index contributed by atoms with van der Waals surface area (Å²) in [5.41, 5.74) is 1.65. The number of azo groups is 1. The Bertz CT molecular complexity index is 1870. The maximum Gasteiger partial charge on any atom is 0.330 e. The van der Waals surface area contributed by atoms with Gasteiger partial charge in [0.05, 0.1) is 29.6 Å². The van der Waals surface area contributed by atoms with Gasteiger partial charge in [0.15, 0.2) is 0 Å². The smallest absolute Gasteiger partial charge is 0.330 e. The maximum atomic E-state index is 12.5. The molecule has 1 aromatic heterocycles. The molecule has 4 N–H and O–H groups in total. The van der Waals surface area contributed by atoms with Crippen molar-refractivity contribution < 1.29 is 33.0 Å². The number of rotatable bonds is 18. The van der Waals surface area contributed by atoms with Crippen molar-refractivity contribution in [2.45, 2.75) is 50.5 Å². The van der Waals surface area contributed by atoms with Crippen molar-refractivity contribution in [1.29, 1.82) is 0 Å². The van der Waals surface area contributed by atoms with Gasteiger partial charge < -0.3 is 34.4 Å². The van der Waals surface area contributed by atoms with E-state index in [0.29, 0.717) is 24.3 Å². The Hall–Kier alpha value is -4.73. The maximum absolute atomic E-state index is 12.5. The summed E-state index contributed by atoms with van der Waals surface area (Å²) in [7, 11) is 1.64. The molecule has 1 aliphatic rings. The van der Waals surface area contributed by atoms with Gasteiger partial charge >= 0.3 is 13.3 Å². The number of amides is 2. The van der Waals surface area contributed by atoms with Crippen molar-refractivity contribution in [3.05, 3.63) is 92.8 Å². The molecule has 1 unspecified atom stereocenters. The first-order valence-corrected chi connectivity index (χ1v) is 18.9. The van der Waals surface area contributed by atoms with E-state index in [0.717, 1.165) is 43.7 Å². The second-order valence-corrected chi connectivity index (χ2v) is 14.3. The molecule has 2 aromatic carbocycles. The number of anilines is 1. The monoisotopic (exact) mass is 739 g/mol. The van der Waals surface area contributed by atoms with Gasteiger partial charge in [-0.05, 0) is 67.4 Å². The van der Waals surface area contributed by atoms with Gasteiger partial charge in [-0.15, -0.1) is 0 Å². The summed E-state index contributed by atoms with van der Waals surface area (Å²) in [6.45, 7) is 1.77. The Morgan fingerprint density at radius 2 is 1.63 bits per heavy atom. The summed E-state index contributed by atoms with van der Waals surface area (Å²) in [6, 6.07) is 14.6.